The van der Waals surface area contributed by atoms with Gasteiger partial charge in [-0.25, -0.2) is 9.59 Å². The lowest BCUT2D eigenvalue weighted by atomic mass is 10.1. The molecule has 2 aromatic rings. The standard InChI is InChI=1S/C35H53N7O7.ClH/c36-33(37)39-20-10-2-1-9-18-31(44)41-25-30(43)24-32(45)38-19-11-12-22-42(35(47)49-27-29-16-7-4-8-17-29)23-13-21-40-34(46)48-26-28-14-5-3-6-15-28;/h3-8,14-17,30,43H,1-2,9-13,18-27H2,(H,38,45)(H,40,46)(H,41,44)(H4,36,37,39);1H/t30-;/m0./s1. The van der Waals surface area contributed by atoms with Gasteiger partial charge in [-0.2, -0.15) is 0 Å². The number of benzene rings is 2. The normalized spacial score (nSPS) is 10.9. The molecule has 0 fully saturated rings. The number of aliphatic hydroxyl groups is 1. The fourth-order valence-electron chi connectivity index (χ4n) is 4.63. The zero-order chi connectivity index (χ0) is 35.5. The van der Waals surface area contributed by atoms with Crippen LogP contribution >= 0.6 is 12.4 Å². The van der Waals surface area contributed by atoms with Crippen LogP contribution in [0.5, 0.6) is 0 Å². The number of guanidine groups is 1. The molecule has 8 N–H and O–H groups in total. The van der Waals surface area contributed by atoms with E-state index in [9.17, 15) is 24.3 Å². The van der Waals surface area contributed by atoms with Crippen molar-refractivity contribution in [2.24, 2.45) is 16.5 Å². The summed E-state index contributed by atoms with van der Waals surface area (Å²) in [5.41, 5.74) is 12.3. The Morgan fingerprint density at radius 1 is 0.720 bits per heavy atom. The van der Waals surface area contributed by atoms with Gasteiger partial charge in [-0.15, -0.1) is 12.4 Å². The maximum atomic E-state index is 12.9. The zero-order valence-electron chi connectivity index (χ0n) is 28.7. The van der Waals surface area contributed by atoms with Crippen LogP contribution in [-0.4, -0.2) is 85.3 Å². The van der Waals surface area contributed by atoms with Crippen molar-refractivity contribution in [3.8, 4) is 0 Å². The fraction of sp³-hybridized carbons (Fsp3) is 0.514. The largest absolute Gasteiger partial charge is 0.445 e. The summed E-state index contributed by atoms with van der Waals surface area (Å²) in [6.07, 6.45) is 3.24. The van der Waals surface area contributed by atoms with E-state index in [1.165, 1.54) is 0 Å². The minimum atomic E-state index is -0.998. The number of halogens is 1. The Bertz CT molecular complexity index is 1270. The zero-order valence-corrected chi connectivity index (χ0v) is 29.5. The Balaban J connectivity index is 0.0000125. The second-order valence-corrected chi connectivity index (χ2v) is 11.6. The molecule has 1 atom stereocenters. The summed E-state index contributed by atoms with van der Waals surface area (Å²) in [5, 5.41) is 18.3. The van der Waals surface area contributed by atoms with E-state index in [0.717, 1.165) is 30.4 Å². The molecule has 0 heterocycles. The lowest BCUT2D eigenvalue weighted by Crippen LogP contribution is -2.37. The summed E-state index contributed by atoms with van der Waals surface area (Å²) >= 11 is 0. The fourth-order valence-corrected chi connectivity index (χ4v) is 4.63. The molecule has 0 aromatic heterocycles. The molecular formula is C35H54ClN7O7. The Labute approximate surface area is 301 Å². The van der Waals surface area contributed by atoms with E-state index in [1.807, 2.05) is 60.7 Å². The number of aliphatic hydroxyl groups excluding tert-OH is 1. The molecule has 2 rings (SSSR count). The molecule has 0 saturated heterocycles. The van der Waals surface area contributed by atoms with E-state index in [2.05, 4.69) is 20.9 Å². The number of nitrogens with one attached hydrogen (secondary N) is 3. The number of unbranched alkanes of at least 4 members (excludes halogenated alkanes) is 4. The maximum Gasteiger partial charge on any atom is 0.410 e. The van der Waals surface area contributed by atoms with Crippen LogP contribution in [0.25, 0.3) is 0 Å². The molecule has 0 radical (unpaired) electrons. The number of hydrogen-bond acceptors (Lipinski definition) is 8. The number of hydrogen-bond donors (Lipinski definition) is 6. The van der Waals surface area contributed by atoms with Crippen molar-refractivity contribution in [2.75, 3.05) is 39.3 Å². The lowest BCUT2D eigenvalue weighted by Gasteiger charge is -2.22. The molecule has 0 unspecified atom stereocenters. The maximum absolute atomic E-state index is 12.9. The predicted octanol–water partition coefficient (Wildman–Crippen LogP) is 3.35. The van der Waals surface area contributed by atoms with Gasteiger partial charge in [0.15, 0.2) is 5.96 Å². The van der Waals surface area contributed by atoms with Crippen LogP contribution in [0.2, 0.25) is 0 Å². The number of carbonyl (C=O) groups excluding carboxylic acids is 4. The van der Waals surface area contributed by atoms with Gasteiger partial charge in [0.1, 0.15) is 13.2 Å². The Hall–Kier alpha value is -4.56. The van der Waals surface area contributed by atoms with E-state index in [-0.39, 0.29) is 56.4 Å². The molecule has 15 heteroatoms. The Morgan fingerprint density at radius 2 is 1.32 bits per heavy atom. The van der Waals surface area contributed by atoms with Crippen molar-refractivity contribution in [1.82, 2.24) is 20.9 Å². The number of carbonyl (C=O) groups is 4. The first-order chi connectivity index (χ1) is 23.7. The van der Waals surface area contributed by atoms with Gasteiger partial charge < -0.3 is 46.9 Å². The highest BCUT2D eigenvalue weighted by molar-refractivity contribution is 5.85. The first kappa shape index (κ1) is 43.5. The number of ether oxygens (including phenoxy) is 2. The van der Waals surface area contributed by atoms with Gasteiger partial charge in [0.05, 0.1) is 12.5 Å². The summed E-state index contributed by atoms with van der Waals surface area (Å²) < 4.78 is 10.7. The molecule has 278 valence electrons. The van der Waals surface area contributed by atoms with E-state index >= 15 is 0 Å². The van der Waals surface area contributed by atoms with Crippen molar-refractivity contribution in [1.29, 1.82) is 0 Å². The van der Waals surface area contributed by atoms with Crippen LogP contribution < -0.4 is 27.4 Å². The van der Waals surface area contributed by atoms with Crippen molar-refractivity contribution in [2.45, 2.75) is 77.1 Å². The second-order valence-electron chi connectivity index (χ2n) is 11.6. The highest BCUT2D eigenvalue weighted by Gasteiger charge is 2.16. The molecule has 4 amide bonds. The van der Waals surface area contributed by atoms with Gasteiger partial charge in [0, 0.05) is 45.7 Å². The van der Waals surface area contributed by atoms with Crippen molar-refractivity contribution >= 4 is 42.4 Å². The van der Waals surface area contributed by atoms with Crippen molar-refractivity contribution in [3.63, 3.8) is 0 Å². The van der Waals surface area contributed by atoms with Gasteiger partial charge in [0.2, 0.25) is 11.8 Å². The van der Waals surface area contributed by atoms with E-state index in [4.69, 9.17) is 20.9 Å². The van der Waals surface area contributed by atoms with E-state index in [0.29, 0.717) is 64.8 Å². The summed E-state index contributed by atoms with van der Waals surface area (Å²) in [7, 11) is 0. The molecule has 0 bridgehead atoms. The quantitative estimate of drug-likeness (QED) is 0.0533. The molecule has 0 saturated carbocycles. The molecule has 0 aliphatic carbocycles. The van der Waals surface area contributed by atoms with Gasteiger partial charge in [-0.05, 0) is 43.2 Å². The summed E-state index contributed by atoms with van der Waals surface area (Å²) in [4.78, 5) is 54.8. The van der Waals surface area contributed by atoms with Gasteiger partial charge >= 0.3 is 12.2 Å². The molecule has 2 aromatic carbocycles. The molecule has 50 heavy (non-hydrogen) atoms. The van der Waals surface area contributed by atoms with Crippen LogP contribution in [0.1, 0.15) is 68.9 Å². The smallest absolute Gasteiger partial charge is 0.410 e. The molecule has 14 nitrogen and oxygen atoms in total. The van der Waals surface area contributed by atoms with Crippen LogP contribution in [0, 0.1) is 0 Å². The van der Waals surface area contributed by atoms with E-state index in [1.54, 1.807) is 4.90 Å². The topological polar surface area (TPSA) is 211 Å². The summed E-state index contributed by atoms with van der Waals surface area (Å²) in [6.45, 7) is 2.31. The minimum absolute atomic E-state index is 0. The van der Waals surface area contributed by atoms with Crippen molar-refractivity contribution in [3.05, 3.63) is 71.8 Å². The van der Waals surface area contributed by atoms with Crippen LogP contribution in [-0.2, 0) is 32.3 Å². The highest BCUT2D eigenvalue weighted by Crippen LogP contribution is 2.07. The average molecular weight is 720 g/mol. The SMILES string of the molecule is Cl.NC(N)=NCCCCCCC(=O)NC[C@@H](O)CC(=O)NCCCCN(CCCNC(=O)OCc1ccccc1)C(=O)OCc1ccccc1. The van der Waals surface area contributed by atoms with Crippen LogP contribution in [0.3, 0.4) is 0 Å². The summed E-state index contributed by atoms with van der Waals surface area (Å²) in [5.74, 6) is -0.424. The van der Waals surface area contributed by atoms with Gasteiger partial charge in [-0.1, -0.05) is 73.5 Å². The van der Waals surface area contributed by atoms with E-state index < -0.39 is 18.3 Å². The minimum Gasteiger partial charge on any atom is -0.445 e. The van der Waals surface area contributed by atoms with Gasteiger partial charge in [-0.3, -0.25) is 14.6 Å². The Kier molecular flexibility index (Phi) is 23.7. The first-order valence-corrected chi connectivity index (χ1v) is 16.9. The second kappa shape index (κ2) is 27.3. The molecule has 0 aliphatic rings. The number of nitrogens with two attached hydrogens (primary N) is 2. The average Bonchev–Trinajstić information content (AvgIpc) is 3.09. The third-order valence-corrected chi connectivity index (χ3v) is 7.29. The third kappa shape index (κ3) is 22.1. The highest BCUT2D eigenvalue weighted by atomic mass is 35.5. The van der Waals surface area contributed by atoms with Gasteiger partial charge in [0.25, 0.3) is 0 Å². The molecule has 0 spiro atoms. The third-order valence-electron chi connectivity index (χ3n) is 7.29. The lowest BCUT2D eigenvalue weighted by molar-refractivity contribution is -0.125. The number of alkyl carbamates (subject to hydrolysis) is 1. The number of rotatable bonds is 24. The number of nitrogens with zero attached hydrogens (tertiary/aromatic N) is 2. The summed E-state index contributed by atoms with van der Waals surface area (Å²) in [6, 6.07) is 18.7. The van der Waals surface area contributed by atoms with Crippen molar-refractivity contribution < 1.29 is 33.8 Å². The first-order valence-electron chi connectivity index (χ1n) is 16.9. The predicted molar refractivity (Wildman–Crippen MR) is 194 cm³/mol. The molecular weight excluding hydrogens is 666 g/mol. The van der Waals surface area contributed by atoms with Crippen LogP contribution in [0.15, 0.2) is 65.7 Å². The Morgan fingerprint density at radius 3 is 1.98 bits per heavy atom. The molecule has 0 aliphatic heterocycles. The monoisotopic (exact) mass is 719 g/mol. The van der Waals surface area contributed by atoms with Crippen LogP contribution in [0.4, 0.5) is 9.59 Å². The number of amides is 4. The number of aliphatic imine (C=N–C) groups is 1.